The lowest BCUT2D eigenvalue weighted by Crippen LogP contribution is -2.22. The quantitative estimate of drug-likeness (QED) is 0.134. The van der Waals surface area contributed by atoms with Gasteiger partial charge in [0.2, 0.25) is 5.91 Å². The first-order valence-corrected chi connectivity index (χ1v) is 20.5. The number of anilines is 3. The van der Waals surface area contributed by atoms with E-state index in [1.165, 1.54) is 6.20 Å². The van der Waals surface area contributed by atoms with E-state index in [1.54, 1.807) is 28.9 Å². The molecule has 286 valence electrons. The number of aryl methyl sites for hydroxylation is 1. The molecule has 15 nitrogen and oxygen atoms in total. The summed E-state index contributed by atoms with van der Waals surface area (Å²) in [6, 6.07) is 23.9. The number of carbonyl (C=O) groups excluding carboxylic acids is 2. The van der Waals surface area contributed by atoms with Crippen LogP contribution in [0.3, 0.4) is 0 Å². The Labute approximate surface area is 313 Å². The maximum atomic E-state index is 13.3. The van der Waals surface area contributed by atoms with Gasteiger partial charge in [0.1, 0.15) is 35.5 Å². The highest BCUT2D eigenvalue weighted by molar-refractivity contribution is 7.91. The van der Waals surface area contributed by atoms with Gasteiger partial charge in [0.05, 0.1) is 17.1 Å². The van der Waals surface area contributed by atoms with Gasteiger partial charge in [-0.3, -0.25) is 14.9 Å². The molecule has 0 bridgehead atoms. The van der Waals surface area contributed by atoms with Crippen molar-refractivity contribution in [1.29, 1.82) is 0 Å². The maximum absolute atomic E-state index is 13.3. The molecule has 0 atom stereocenters. The molecule has 0 unspecified atom stereocenters. The number of amides is 3. The van der Waals surface area contributed by atoms with Crippen LogP contribution in [0.4, 0.5) is 22.1 Å². The highest BCUT2D eigenvalue weighted by Crippen LogP contribution is 2.33. The number of nitrogens with zero attached hydrogens (tertiary/aromatic N) is 3. The van der Waals surface area contributed by atoms with Crippen LogP contribution in [0.5, 0.6) is 5.75 Å². The lowest BCUT2D eigenvalue weighted by atomic mass is 9.92. The number of carboxylic acid groups (broad SMARTS) is 1. The number of benzene rings is 3. The second-order valence-electron chi connectivity index (χ2n) is 13.6. The van der Waals surface area contributed by atoms with Crippen LogP contribution in [0.1, 0.15) is 37.6 Å². The topological polar surface area (TPSA) is 216 Å². The highest BCUT2D eigenvalue weighted by Gasteiger charge is 2.22. The minimum Gasteiger partial charge on any atom is -0.488 e. The van der Waals surface area contributed by atoms with Gasteiger partial charge in [-0.05, 0) is 48.9 Å². The number of hydrogen-bond acceptors (Lipinski definition) is 10. The number of aliphatic carboxylic acids is 1. The maximum Gasteiger partial charge on any atom is 0.324 e. The average Bonchev–Trinajstić information content (AvgIpc) is 3.47. The largest absolute Gasteiger partial charge is 0.488 e. The second-order valence-corrected chi connectivity index (χ2v) is 17.8. The molecule has 0 spiro atoms. The van der Waals surface area contributed by atoms with Crippen molar-refractivity contribution in [3.63, 3.8) is 0 Å². The molecule has 0 aliphatic carbocycles. The molecule has 4 N–H and O–H groups in total. The fraction of sp³-hybridized carbons (Fsp3) is 0.270. The predicted octanol–water partition coefficient (Wildman–Crippen LogP) is 5.35. The summed E-state index contributed by atoms with van der Waals surface area (Å²) in [5, 5.41) is 22.7. The highest BCUT2D eigenvalue weighted by atomic mass is 32.2. The first-order chi connectivity index (χ1) is 25.2. The molecular weight excluding hydrogens is 737 g/mol. The number of hydrogen-bond donors (Lipinski definition) is 4. The molecular formula is C37H42N6O9S2. The number of nitrogens with one attached hydrogen (secondary N) is 3. The average molecular weight is 779 g/mol. The fourth-order valence-corrected chi connectivity index (χ4v) is 5.93. The summed E-state index contributed by atoms with van der Waals surface area (Å²) in [6.07, 6.45) is 3.38. The van der Waals surface area contributed by atoms with Gasteiger partial charge in [-0.25, -0.2) is 31.3 Å². The molecule has 2 heterocycles. The van der Waals surface area contributed by atoms with E-state index in [2.05, 4.69) is 41.7 Å². The van der Waals surface area contributed by atoms with Crippen LogP contribution in [0.2, 0.25) is 0 Å². The summed E-state index contributed by atoms with van der Waals surface area (Å²) < 4.78 is 50.8. The molecule has 5 aromatic rings. The van der Waals surface area contributed by atoms with E-state index in [1.807, 2.05) is 61.5 Å². The Morgan fingerprint density at radius 3 is 2.06 bits per heavy atom. The zero-order valence-electron chi connectivity index (χ0n) is 30.6. The number of fused-ring (bicyclic) bond motifs is 1. The van der Waals surface area contributed by atoms with Crippen molar-refractivity contribution in [3.05, 3.63) is 102 Å². The van der Waals surface area contributed by atoms with Crippen LogP contribution in [-0.4, -0.2) is 78.6 Å². The summed E-state index contributed by atoms with van der Waals surface area (Å²) in [6.45, 7) is 8.39. The number of rotatable bonds is 11. The van der Waals surface area contributed by atoms with Crippen LogP contribution in [0.25, 0.3) is 16.5 Å². The molecule has 2 aromatic heterocycles. The molecule has 5 rings (SSSR count). The van der Waals surface area contributed by atoms with E-state index in [9.17, 15) is 31.2 Å². The Balaban J connectivity index is 0.000000730. The van der Waals surface area contributed by atoms with Crippen LogP contribution in [0.15, 0.2) is 85.1 Å². The molecule has 0 saturated carbocycles. The summed E-state index contributed by atoms with van der Waals surface area (Å²) in [5.41, 5.74) is 3.89. The second kappa shape index (κ2) is 16.9. The summed E-state index contributed by atoms with van der Waals surface area (Å²) in [4.78, 5) is 39.1. The van der Waals surface area contributed by atoms with Crippen LogP contribution >= 0.6 is 0 Å². The zero-order valence-corrected chi connectivity index (χ0v) is 32.2. The van der Waals surface area contributed by atoms with Gasteiger partial charge in [-0.2, -0.15) is 5.10 Å². The number of ether oxygens (including phenoxy) is 1. The van der Waals surface area contributed by atoms with Crippen molar-refractivity contribution in [2.75, 3.05) is 40.0 Å². The van der Waals surface area contributed by atoms with Crippen molar-refractivity contribution in [3.8, 4) is 11.4 Å². The zero-order chi connectivity index (χ0) is 39.8. The number of pyridine rings is 1. The van der Waals surface area contributed by atoms with Crippen LogP contribution in [0, 0.1) is 6.92 Å². The molecule has 3 amide bonds. The lowest BCUT2D eigenvalue weighted by molar-refractivity contribution is -0.134. The molecule has 17 heteroatoms. The molecule has 0 fully saturated rings. The van der Waals surface area contributed by atoms with Gasteiger partial charge in [0.25, 0.3) is 0 Å². The number of carbonyl (C=O) groups is 3. The standard InChI is InChI=1S/C34H36N6O5S.C3H6O4S/c1-22-10-12-24(13-11-22)40-31(19-29(39-40)34(2,3)4)38-33(42)36-27-14-15-28(26-9-7-6-8-25(26)27)45-20-23-16-17-35-30(18-23)37-32(41)21-46(5,43)44;1-8(6,7)2-3(4)5/h6-19H,20-21H2,1-5H3,(H,35,37,41)(H2,36,38,42);2H2,1H3,(H,4,5). The molecule has 0 aliphatic heterocycles. The summed E-state index contributed by atoms with van der Waals surface area (Å²) in [7, 11) is -6.79. The third-order valence-electron chi connectivity index (χ3n) is 7.40. The lowest BCUT2D eigenvalue weighted by Gasteiger charge is -2.15. The Hall–Kier alpha value is -5.81. The van der Waals surface area contributed by atoms with Crippen LogP contribution in [-0.2, 0) is 41.3 Å². The van der Waals surface area contributed by atoms with Gasteiger partial charge >= 0.3 is 12.0 Å². The molecule has 54 heavy (non-hydrogen) atoms. The SMILES string of the molecule is CS(=O)(=O)CC(=O)O.Cc1ccc(-n2nc(C(C)(C)C)cc2NC(=O)Nc2ccc(OCc3ccnc(NC(=O)CS(C)(=O)=O)c3)c3ccccc23)cc1. The third-order valence-corrected chi connectivity index (χ3v) is 8.95. The molecule has 0 aliphatic rings. The Morgan fingerprint density at radius 2 is 1.46 bits per heavy atom. The van der Waals surface area contributed by atoms with E-state index in [-0.39, 0.29) is 17.8 Å². The van der Waals surface area contributed by atoms with E-state index in [4.69, 9.17) is 14.9 Å². The monoisotopic (exact) mass is 778 g/mol. The van der Waals surface area contributed by atoms with Gasteiger partial charge < -0.3 is 20.5 Å². The minimum atomic E-state index is -3.47. The summed E-state index contributed by atoms with van der Waals surface area (Å²) >= 11 is 0. The fourth-order valence-electron chi connectivity index (χ4n) is 4.93. The Bertz CT molecular complexity index is 2390. The Kier molecular flexibility index (Phi) is 12.8. The molecule has 0 radical (unpaired) electrons. The van der Waals surface area contributed by atoms with Gasteiger partial charge in [-0.1, -0.05) is 62.7 Å². The van der Waals surface area contributed by atoms with Crippen molar-refractivity contribution in [1.82, 2.24) is 14.8 Å². The number of aromatic nitrogens is 3. The summed E-state index contributed by atoms with van der Waals surface area (Å²) in [5.74, 6) is -2.04. The van der Waals surface area contributed by atoms with Gasteiger partial charge in [-0.15, -0.1) is 0 Å². The Morgan fingerprint density at radius 1 is 0.815 bits per heavy atom. The molecule has 3 aromatic carbocycles. The first-order valence-electron chi connectivity index (χ1n) is 16.4. The molecule has 0 saturated heterocycles. The van der Waals surface area contributed by atoms with E-state index < -0.39 is 49.1 Å². The smallest absolute Gasteiger partial charge is 0.324 e. The van der Waals surface area contributed by atoms with E-state index >= 15 is 0 Å². The van der Waals surface area contributed by atoms with Crippen molar-refractivity contribution >= 4 is 65.7 Å². The van der Waals surface area contributed by atoms with E-state index in [0.29, 0.717) is 17.3 Å². The number of sulfone groups is 2. The predicted molar refractivity (Wildman–Crippen MR) is 208 cm³/mol. The van der Waals surface area contributed by atoms with Crippen molar-refractivity contribution < 1.29 is 41.1 Å². The van der Waals surface area contributed by atoms with Crippen LogP contribution < -0.4 is 20.7 Å². The number of carboxylic acids is 1. The number of urea groups is 1. The normalized spacial score (nSPS) is 11.6. The van der Waals surface area contributed by atoms with Gasteiger partial charge in [0, 0.05) is 41.0 Å². The van der Waals surface area contributed by atoms with Crippen molar-refractivity contribution in [2.24, 2.45) is 0 Å². The third kappa shape index (κ3) is 12.4. The first kappa shape index (κ1) is 41.0. The van der Waals surface area contributed by atoms with E-state index in [0.717, 1.165) is 45.8 Å². The minimum absolute atomic E-state index is 0.161. The van der Waals surface area contributed by atoms with Crippen molar-refractivity contribution in [2.45, 2.75) is 39.7 Å². The van der Waals surface area contributed by atoms with Gasteiger partial charge in [0.15, 0.2) is 19.7 Å².